The SMILES string of the molecule is Cc1nc2cccc3n(CCC4CCN(C(=O)OC(C)(C)C)CC4)c(=O)c1n23. The van der Waals surface area contributed by atoms with Gasteiger partial charge in [-0.3, -0.25) is 13.8 Å². The Labute approximate surface area is 164 Å². The fourth-order valence-corrected chi connectivity index (χ4v) is 4.14. The number of carbonyl (C=O) groups is 1. The Morgan fingerprint density at radius 2 is 1.96 bits per heavy atom. The number of nitrogens with zero attached hydrogens (tertiary/aromatic N) is 4. The molecule has 1 amide bonds. The van der Waals surface area contributed by atoms with Crippen molar-refractivity contribution >= 4 is 22.9 Å². The van der Waals surface area contributed by atoms with E-state index < -0.39 is 5.60 Å². The van der Waals surface area contributed by atoms with Crippen LogP contribution < -0.4 is 5.56 Å². The predicted octanol–water partition coefficient (Wildman–Crippen LogP) is 3.43. The maximum absolute atomic E-state index is 12.9. The van der Waals surface area contributed by atoms with Gasteiger partial charge < -0.3 is 9.64 Å². The van der Waals surface area contributed by atoms with E-state index in [-0.39, 0.29) is 11.7 Å². The van der Waals surface area contributed by atoms with E-state index in [1.54, 1.807) is 4.90 Å². The highest BCUT2D eigenvalue weighted by atomic mass is 16.6. The highest BCUT2D eigenvalue weighted by Gasteiger charge is 2.27. The Bertz CT molecular complexity index is 1050. The molecule has 28 heavy (non-hydrogen) atoms. The lowest BCUT2D eigenvalue weighted by molar-refractivity contribution is 0.0180. The van der Waals surface area contributed by atoms with Crippen molar-refractivity contribution in [3.05, 3.63) is 34.2 Å². The van der Waals surface area contributed by atoms with Crippen LogP contribution in [0.4, 0.5) is 4.79 Å². The summed E-state index contributed by atoms with van der Waals surface area (Å²) in [6.45, 7) is 9.67. The van der Waals surface area contributed by atoms with Crippen molar-refractivity contribution in [2.45, 2.75) is 59.1 Å². The Morgan fingerprint density at radius 1 is 1.25 bits per heavy atom. The molecule has 7 nitrogen and oxygen atoms in total. The van der Waals surface area contributed by atoms with Crippen molar-refractivity contribution in [3.63, 3.8) is 0 Å². The van der Waals surface area contributed by atoms with E-state index in [9.17, 15) is 9.59 Å². The highest BCUT2D eigenvalue weighted by molar-refractivity contribution is 5.70. The first-order valence-electron chi connectivity index (χ1n) is 10.0. The number of hydrogen-bond donors (Lipinski definition) is 0. The average Bonchev–Trinajstić information content (AvgIpc) is 3.11. The summed E-state index contributed by atoms with van der Waals surface area (Å²) in [6.07, 6.45) is 2.59. The minimum atomic E-state index is -0.464. The zero-order chi connectivity index (χ0) is 20.1. The second-order valence-corrected chi connectivity index (χ2v) is 8.78. The molecule has 3 aromatic heterocycles. The normalized spacial score (nSPS) is 16.4. The molecule has 1 saturated heterocycles. The number of aromatic nitrogens is 3. The summed E-state index contributed by atoms with van der Waals surface area (Å²) >= 11 is 0. The number of amides is 1. The summed E-state index contributed by atoms with van der Waals surface area (Å²) in [5, 5.41) is 0. The van der Waals surface area contributed by atoms with Crippen LogP contribution in [0, 0.1) is 12.8 Å². The van der Waals surface area contributed by atoms with Crippen LogP contribution in [-0.4, -0.2) is 43.6 Å². The minimum Gasteiger partial charge on any atom is -0.444 e. The van der Waals surface area contributed by atoms with Crippen molar-refractivity contribution in [3.8, 4) is 0 Å². The number of hydrogen-bond acceptors (Lipinski definition) is 4. The molecule has 4 rings (SSSR count). The summed E-state index contributed by atoms with van der Waals surface area (Å²) in [5.74, 6) is 0.505. The summed E-state index contributed by atoms with van der Waals surface area (Å²) in [5.41, 5.74) is 2.78. The third-order valence-electron chi connectivity index (χ3n) is 5.55. The van der Waals surface area contributed by atoms with Crippen LogP contribution >= 0.6 is 0 Å². The lowest BCUT2D eigenvalue weighted by Gasteiger charge is -2.33. The van der Waals surface area contributed by atoms with E-state index in [0.29, 0.717) is 31.1 Å². The molecule has 0 atom stereocenters. The topological polar surface area (TPSA) is 68.8 Å². The Morgan fingerprint density at radius 3 is 2.64 bits per heavy atom. The molecule has 0 bridgehead atoms. The summed E-state index contributed by atoms with van der Waals surface area (Å²) in [4.78, 5) is 31.4. The zero-order valence-corrected chi connectivity index (χ0v) is 17.1. The number of piperidine rings is 1. The molecule has 150 valence electrons. The number of aryl methyl sites for hydroxylation is 2. The van der Waals surface area contributed by atoms with E-state index in [1.807, 2.05) is 54.9 Å². The maximum atomic E-state index is 12.9. The van der Waals surface area contributed by atoms with Gasteiger partial charge in [-0.05, 0) is 65.0 Å². The van der Waals surface area contributed by atoms with Crippen LogP contribution in [0.25, 0.3) is 16.8 Å². The molecule has 0 unspecified atom stereocenters. The first-order valence-corrected chi connectivity index (χ1v) is 10.0. The second-order valence-electron chi connectivity index (χ2n) is 8.78. The molecule has 1 aliphatic rings. The zero-order valence-electron chi connectivity index (χ0n) is 17.1. The van der Waals surface area contributed by atoms with Gasteiger partial charge in [-0.2, -0.15) is 0 Å². The molecule has 1 fully saturated rings. The van der Waals surface area contributed by atoms with Crippen LogP contribution in [0.1, 0.15) is 45.7 Å². The van der Waals surface area contributed by atoms with E-state index in [2.05, 4.69) is 4.98 Å². The van der Waals surface area contributed by atoms with Gasteiger partial charge in [0.2, 0.25) is 0 Å². The number of imidazole rings is 2. The van der Waals surface area contributed by atoms with Crippen molar-refractivity contribution in [1.82, 2.24) is 18.9 Å². The first-order chi connectivity index (χ1) is 13.2. The lowest BCUT2D eigenvalue weighted by atomic mass is 9.94. The van der Waals surface area contributed by atoms with Crippen LogP contribution in [0.5, 0.6) is 0 Å². The van der Waals surface area contributed by atoms with Crippen molar-refractivity contribution in [2.75, 3.05) is 13.1 Å². The molecule has 0 radical (unpaired) electrons. The van der Waals surface area contributed by atoms with Gasteiger partial charge in [0, 0.05) is 19.6 Å². The highest BCUT2D eigenvalue weighted by Crippen LogP contribution is 2.24. The van der Waals surface area contributed by atoms with Gasteiger partial charge in [0.05, 0.1) is 5.69 Å². The minimum absolute atomic E-state index is 0.0393. The van der Waals surface area contributed by atoms with Gasteiger partial charge in [0.15, 0.2) is 0 Å². The third kappa shape index (κ3) is 3.34. The van der Waals surface area contributed by atoms with Crippen LogP contribution in [0.2, 0.25) is 0 Å². The van der Waals surface area contributed by atoms with Crippen LogP contribution in [0.15, 0.2) is 23.0 Å². The van der Waals surface area contributed by atoms with Gasteiger partial charge in [0.25, 0.3) is 5.56 Å². The third-order valence-corrected chi connectivity index (χ3v) is 5.55. The van der Waals surface area contributed by atoms with E-state index in [1.165, 1.54) is 0 Å². The van der Waals surface area contributed by atoms with E-state index >= 15 is 0 Å². The molecular weight excluding hydrogens is 356 g/mol. The predicted molar refractivity (Wildman–Crippen MR) is 108 cm³/mol. The molecule has 0 N–H and O–H groups in total. The fraction of sp³-hybridized carbons (Fsp3) is 0.571. The van der Waals surface area contributed by atoms with E-state index in [0.717, 1.165) is 36.3 Å². The van der Waals surface area contributed by atoms with Gasteiger partial charge >= 0.3 is 6.09 Å². The molecule has 4 heterocycles. The standard InChI is InChI=1S/C21H28N4O3/c1-14-18-19(26)24(17-7-5-6-16(22-14)25(17)18)13-10-15-8-11-23(12-9-15)20(27)28-21(2,3)4/h5-7,15H,8-13H2,1-4H3. The fourth-order valence-electron chi connectivity index (χ4n) is 4.14. The summed E-state index contributed by atoms with van der Waals surface area (Å²) < 4.78 is 9.30. The molecule has 0 spiro atoms. The molecule has 0 aromatic carbocycles. The first kappa shape index (κ1) is 18.8. The van der Waals surface area contributed by atoms with Crippen molar-refractivity contribution < 1.29 is 9.53 Å². The lowest BCUT2D eigenvalue weighted by Crippen LogP contribution is -2.41. The van der Waals surface area contributed by atoms with Crippen LogP contribution in [-0.2, 0) is 11.3 Å². The van der Waals surface area contributed by atoms with Crippen LogP contribution in [0.3, 0.4) is 0 Å². The summed E-state index contributed by atoms with van der Waals surface area (Å²) in [7, 11) is 0. The number of likely N-dealkylation sites (tertiary alicyclic amines) is 1. The number of carbonyl (C=O) groups excluding carboxylic acids is 1. The molecular formula is C21H28N4O3. The van der Waals surface area contributed by atoms with E-state index in [4.69, 9.17) is 4.74 Å². The van der Waals surface area contributed by atoms with Crippen molar-refractivity contribution in [1.29, 1.82) is 0 Å². The molecule has 7 heteroatoms. The molecule has 3 aromatic rings. The van der Waals surface area contributed by atoms with Gasteiger partial charge in [-0.15, -0.1) is 0 Å². The second kappa shape index (κ2) is 6.79. The molecule has 1 aliphatic heterocycles. The van der Waals surface area contributed by atoms with Crippen molar-refractivity contribution in [2.24, 2.45) is 5.92 Å². The van der Waals surface area contributed by atoms with Gasteiger partial charge in [0.1, 0.15) is 22.4 Å². The number of pyridine rings is 1. The van der Waals surface area contributed by atoms with Gasteiger partial charge in [-0.1, -0.05) is 6.07 Å². The number of rotatable bonds is 3. The Kier molecular flexibility index (Phi) is 4.56. The Hall–Kier alpha value is -2.57. The monoisotopic (exact) mass is 384 g/mol. The van der Waals surface area contributed by atoms with Gasteiger partial charge in [-0.25, -0.2) is 9.78 Å². The number of ether oxygens (including phenoxy) is 1. The molecule has 0 saturated carbocycles. The quantitative estimate of drug-likeness (QED) is 0.694. The molecule has 0 aliphatic carbocycles. The Balaban J connectivity index is 1.42. The maximum Gasteiger partial charge on any atom is 0.410 e. The summed E-state index contributed by atoms with van der Waals surface area (Å²) in [6, 6.07) is 5.86. The average molecular weight is 384 g/mol. The smallest absolute Gasteiger partial charge is 0.410 e. The largest absolute Gasteiger partial charge is 0.444 e.